The second kappa shape index (κ2) is 4.45. The first kappa shape index (κ1) is 10.8. The summed E-state index contributed by atoms with van der Waals surface area (Å²) in [7, 11) is 1.85. The van der Waals surface area contributed by atoms with Crippen LogP contribution in [0.25, 0.3) is 0 Å². The summed E-state index contributed by atoms with van der Waals surface area (Å²) in [5.41, 5.74) is 1.10. The summed E-state index contributed by atoms with van der Waals surface area (Å²) in [6.07, 6.45) is 0.637. The number of thioether (sulfide) groups is 1. The predicted octanol–water partition coefficient (Wildman–Crippen LogP) is 2.93. The molecule has 1 atom stereocenters. The van der Waals surface area contributed by atoms with Crippen molar-refractivity contribution in [1.29, 1.82) is 0 Å². The second-order valence-electron chi connectivity index (χ2n) is 3.53. The van der Waals surface area contributed by atoms with Gasteiger partial charge >= 0.3 is 0 Å². The van der Waals surface area contributed by atoms with Crippen LogP contribution in [0.1, 0.15) is 17.4 Å². The third-order valence-electron chi connectivity index (χ3n) is 2.47. The third kappa shape index (κ3) is 2.29. The zero-order valence-electron chi connectivity index (χ0n) is 8.44. The molecule has 1 unspecified atom stereocenters. The number of carbonyl (C=O) groups is 1. The molecule has 15 heavy (non-hydrogen) atoms. The van der Waals surface area contributed by atoms with Crippen LogP contribution >= 0.6 is 23.4 Å². The van der Waals surface area contributed by atoms with E-state index in [0.717, 1.165) is 16.3 Å². The molecule has 0 spiro atoms. The Morgan fingerprint density at radius 1 is 1.53 bits per heavy atom. The van der Waals surface area contributed by atoms with Crippen molar-refractivity contribution in [2.75, 3.05) is 12.8 Å². The summed E-state index contributed by atoms with van der Waals surface area (Å²) in [4.78, 5) is 13.3. The molecular weight excluding hydrogens is 230 g/mol. The van der Waals surface area contributed by atoms with Crippen molar-refractivity contribution in [1.82, 2.24) is 4.90 Å². The Labute approximate surface area is 98.6 Å². The normalized spacial score (nSPS) is 21.9. The Morgan fingerprint density at radius 2 is 2.33 bits per heavy atom. The van der Waals surface area contributed by atoms with E-state index in [9.17, 15) is 4.79 Å². The maximum Gasteiger partial charge on any atom is 0.224 e. The van der Waals surface area contributed by atoms with Gasteiger partial charge in [0.25, 0.3) is 0 Å². The SMILES string of the molecule is CN1C(=O)CCSC1c1cccc(Cl)c1. The van der Waals surface area contributed by atoms with Crippen LogP contribution in [0.4, 0.5) is 0 Å². The molecule has 1 aromatic rings. The molecule has 80 valence electrons. The Morgan fingerprint density at radius 3 is 3.07 bits per heavy atom. The number of hydrogen-bond acceptors (Lipinski definition) is 2. The lowest BCUT2D eigenvalue weighted by Gasteiger charge is -2.32. The van der Waals surface area contributed by atoms with E-state index >= 15 is 0 Å². The largest absolute Gasteiger partial charge is 0.330 e. The Kier molecular flexibility index (Phi) is 3.22. The molecule has 2 rings (SSSR count). The number of rotatable bonds is 1. The lowest BCUT2D eigenvalue weighted by molar-refractivity contribution is -0.130. The van der Waals surface area contributed by atoms with Crippen LogP contribution in [0.15, 0.2) is 24.3 Å². The molecular formula is C11H12ClNOS. The monoisotopic (exact) mass is 241 g/mol. The van der Waals surface area contributed by atoms with Crippen molar-refractivity contribution in [2.45, 2.75) is 11.8 Å². The first-order valence-corrected chi connectivity index (χ1v) is 6.24. The minimum Gasteiger partial charge on any atom is -0.330 e. The Bertz CT molecular complexity index is 383. The van der Waals surface area contributed by atoms with Crippen molar-refractivity contribution >= 4 is 29.3 Å². The van der Waals surface area contributed by atoms with Gasteiger partial charge in [-0.2, -0.15) is 0 Å². The molecule has 4 heteroatoms. The quantitative estimate of drug-likeness (QED) is 0.754. The van der Waals surface area contributed by atoms with Gasteiger partial charge in [-0.15, -0.1) is 11.8 Å². The highest BCUT2D eigenvalue weighted by Crippen LogP contribution is 2.36. The summed E-state index contributed by atoms with van der Waals surface area (Å²) in [5, 5.41) is 0.837. The zero-order chi connectivity index (χ0) is 10.8. The average molecular weight is 242 g/mol. The van der Waals surface area contributed by atoms with Gasteiger partial charge in [-0.25, -0.2) is 0 Å². The molecule has 1 aliphatic heterocycles. The molecule has 0 bridgehead atoms. The molecule has 0 aromatic heterocycles. The Hall–Kier alpha value is -0.670. The van der Waals surface area contributed by atoms with Crippen LogP contribution < -0.4 is 0 Å². The van der Waals surface area contributed by atoms with E-state index in [4.69, 9.17) is 11.6 Å². The highest BCUT2D eigenvalue weighted by Gasteiger charge is 2.26. The van der Waals surface area contributed by atoms with Gasteiger partial charge < -0.3 is 4.90 Å². The molecule has 1 amide bonds. The lowest BCUT2D eigenvalue weighted by Crippen LogP contribution is -2.33. The fraction of sp³-hybridized carbons (Fsp3) is 0.364. The van der Waals surface area contributed by atoms with Crippen molar-refractivity contribution in [3.05, 3.63) is 34.9 Å². The highest BCUT2D eigenvalue weighted by atomic mass is 35.5. The molecule has 1 saturated heterocycles. The van der Waals surface area contributed by atoms with Crippen molar-refractivity contribution in [3.8, 4) is 0 Å². The van der Waals surface area contributed by atoms with Crippen molar-refractivity contribution < 1.29 is 4.79 Å². The third-order valence-corrected chi connectivity index (χ3v) is 4.05. The highest BCUT2D eigenvalue weighted by molar-refractivity contribution is 7.99. The standard InChI is InChI=1S/C11H12ClNOS/c1-13-10(14)5-6-15-11(13)8-3-2-4-9(12)7-8/h2-4,7,11H,5-6H2,1H3. The summed E-state index contributed by atoms with van der Waals surface area (Å²) in [6, 6.07) is 7.71. The molecule has 2 nitrogen and oxygen atoms in total. The van der Waals surface area contributed by atoms with Crippen molar-refractivity contribution in [3.63, 3.8) is 0 Å². The molecule has 0 saturated carbocycles. The molecule has 1 aromatic carbocycles. The molecule has 0 aliphatic carbocycles. The number of halogens is 1. The van der Waals surface area contributed by atoms with E-state index in [1.54, 1.807) is 16.7 Å². The van der Waals surface area contributed by atoms with Crippen LogP contribution in [-0.2, 0) is 4.79 Å². The maximum absolute atomic E-state index is 11.5. The topological polar surface area (TPSA) is 20.3 Å². The van der Waals surface area contributed by atoms with Gasteiger partial charge in [-0.3, -0.25) is 4.79 Å². The van der Waals surface area contributed by atoms with Gasteiger partial charge in [0.1, 0.15) is 5.37 Å². The minimum atomic E-state index is 0.116. The summed E-state index contributed by atoms with van der Waals surface area (Å²) in [6.45, 7) is 0. The molecule has 0 N–H and O–H groups in total. The number of amides is 1. The van der Waals surface area contributed by atoms with Crippen molar-refractivity contribution in [2.24, 2.45) is 0 Å². The minimum absolute atomic E-state index is 0.116. The van der Waals surface area contributed by atoms with E-state index in [1.807, 2.05) is 31.3 Å². The lowest BCUT2D eigenvalue weighted by atomic mass is 10.2. The first-order valence-electron chi connectivity index (χ1n) is 4.81. The van der Waals surface area contributed by atoms with E-state index < -0.39 is 0 Å². The van der Waals surface area contributed by atoms with E-state index in [1.165, 1.54) is 0 Å². The number of nitrogens with zero attached hydrogens (tertiary/aromatic N) is 1. The zero-order valence-corrected chi connectivity index (χ0v) is 10.0. The van der Waals surface area contributed by atoms with Gasteiger partial charge in [0, 0.05) is 24.2 Å². The van der Waals surface area contributed by atoms with Crippen LogP contribution in [-0.4, -0.2) is 23.6 Å². The average Bonchev–Trinajstić information content (AvgIpc) is 2.22. The summed E-state index contributed by atoms with van der Waals surface area (Å²) in [5.74, 6) is 1.10. The van der Waals surface area contributed by atoms with Crippen LogP contribution in [0.2, 0.25) is 5.02 Å². The van der Waals surface area contributed by atoms with Gasteiger partial charge in [0.15, 0.2) is 0 Å². The van der Waals surface area contributed by atoms with E-state index in [0.29, 0.717) is 6.42 Å². The van der Waals surface area contributed by atoms with Crippen LogP contribution in [0.3, 0.4) is 0 Å². The number of hydrogen-bond donors (Lipinski definition) is 0. The van der Waals surface area contributed by atoms with Crippen LogP contribution in [0.5, 0.6) is 0 Å². The van der Waals surface area contributed by atoms with Crippen LogP contribution in [0, 0.1) is 0 Å². The molecule has 1 aliphatic rings. The van der Waals surface area contributed by atoms with E-state index in [2.05, 4.69) is 0 Å². The summed E-state index contributed by atoms with van der Waals surface area (Å²) < 4.78 is 0. The van der Waals surface area contributed by atoms with Gasteiger partial charge in [-0.1, -0.05) is 23.7 Å². The number of benzene rings is 1. The molecule has 0 radical (unpaired) electrons. The fourth-order valence-corrected chi connectivity index (χ4v) is 3.05. The van der Waals surface area contributed by atoms with Gasteiger partial charge in [0.2, 0.25) is 5.91 Å². The molecule has 1 heterocycles. The maximum atomic E-state index is 11.5. The van der Waals surface area contributed by atoms with Gasteiger partial charge in [0.05, 0.1) is 0 Å². The molecule has 1 fully saturated rings. The van der Waals surface area contributed by atoms with E-state index in [-0.39, 0.29) is 11.3 Å². The second-order valence-corrected chi connectivity index (χ2v) is 5.16. The smallest absolute Gasteiger partial charge is 0.224 e. The fourth-order valence-electron chi connectivity index (χ4n) is 1.66. The summed E-state index contributed by atoms with van der Waals surface area (Å²) >= 11 is 7.72. The first-order chi connectivity index (χ1) is 7.18. The number of carbonyl (C=O) groups excluding carboxylic acids is 1. The predicted molar refractivity (Wildman–Crippen MR) is 64.0 cm³/mol. The Balaban J connectivity index is 2.26. The van der Waals surface area contributed by atoms with Gasteiger partial charge in [-0.05, 0) is 17.7 Å².